The van der Waals surface area contributed by atoms with Crippen LogP contribution in [0.1, 0.15) is 17.4 Å². The molecule has 0 radical (unpaired) electrons. The molecule has 0 aliphatic rings. The number of carbonyl (C=O) groups is 2. The standard InChI is InChI=1S/C18H14ClFN4O2/c1-11(25)21-16-10-12(6-7-13(16)19)22-18(26)15-8-9-24(23-15)17-5-3-2-4-14(17)20/h2-10H,1H3,(H,21,25)(H,22,26). The van der Waals surface area contributed by atoms with Gasteiger partial charge in [0, 0.05) is 18.8 Å². The van der Waals surface area contributed by atoms with Gasteiger partial charge in [-0.1, -0.05) is 23.7 Å². The second-order valence-corrected chi connectivity index (χ2v) is 5.83. The fourth-order valence-electron chi connectivity index (χ4n) is 2.30. The van der Waals surface area contributed by atoms with E-state index in [2.05, 4.69) is 15.7 Å². The molecule has 3 rings (SSSR count). The number of hydrogen-bond acceptors (Lipinski definition) is 3. The predicted molar refractivity (Wildman–Crippen MR) is 97.2 cm³/mol. The largest absolute Gasteiger partial charge is 0.325 e. The first-order valence-corrected chi connectivity index (χ1v) is 8.01. The molecule has 0 bridgehead atoms. The Morgan fingerprint density at radius 3 is 2.62 bits per heavy atom. The summed E-state index contributed by atoms with van der Waals surface area (Å²) in [6.07, 6.45) is 1.50. The van der Waals surface area contributed by atoms with E-state index in [9.17, 15) is 14.0 Å². The molecule has 0 aliphatic carbocycles. The zero-order chi connectivity index (χ0) is 18.7. The number of rotatable bonds is 4. The second-order valence-electron chi connectivity index (χ2n) is 5.43. The molecule has 1 aromatic heterocycles. The Labute approximate surface area is 153 Å². The lowest BCUT2D eigenvalue weighted by Gasteiger charge is -2.09. The van der Waals surface area contributed by atoms with E-state index in [1.54, 1.807) is 30.3 Å². The molecular weight excluding hydrogens is 359 g/mol. The summed E-state index contributed by atoms with van der Waals surface area (Å²) < 4.78 is 15.1. The van der Waals surface area contributed by atoms with Gasteiger partial charge in [-0.05, 0) is 36.4 Å². The number of amides is 2. The number of anilines is 2. The van der Waals surface area contributed by atoms with Crippen molar-refractivity contribution in [2.75, 3.05) is 10.6 Å². The van der Waals surface area contributed by atoms with Gasteiger partial charge in [0.05, 0.1) is 10.7 Å². The number of nitrogens with zero attached hydrogens (tertiary/aromatic N) is 2. The average Bonchev–Trinajstić information content (AvgIpc) is 3.08. The lowest BCUT2D eigenvalue weighted by Crippen LogP contribution is -2.14. The number of aromatic nitrogens is 2. The van der Waals surface area contributed by atoms with Crippen LogP contribution in [0.2, 0.25) is 5.02 Å². The number of nitrogens with one attached hydrogen (secondary N) is 2. The average molecular weight is 373 g/mol. The summed E-state index contributed by atoms with van der Waals surface area (Å²) in [4.78, 5) is 23.5. The molecule has 132 valence electrons. The van der Waals surface area contributed by atoms with E-state index < -0.39 is 11.7 Å². The fraction of sp³-hybridized carbons (Fsp3) is 0.0556. The van der Waals surface area contributed by atoms with Crippen molar-refractivity contribution in [3.63, 3.8) is 0 Å². The van der Waals surface area contributed by atoms with Crippen LogP contribution in [-0.2, 0) is 4.79 Å². The minimum atomic E-state index is -0.476. The smallest absolute Gasteiger partial charge is 0.276 e. The van der Waals surface area contributed by atoms with Gasteiger partial charge in [-0.25, -0.2) is 9.07 Å². The van der Waals surface area contributed by atoms with Gasteiger partial charge in [-0.2, -0.15) is 5.10 Å². The summed E-state index contributed by atoms with van der Waals surface area (Å²) in [5.74, 6) is -1.20. The zero-order valence-electron chi connectivity index (χ0n) is 13.7. The van der Waals surface area contributed by atoms with E-state index in [-0.39, 0.29) is 17.3 Å². The number of hydrogen-bond donors (Lipinski definition) is 2. The molecule has 6 nitrogen and oxygen atoms in total. The molecule has 0 spiro atoms. The molecule has 0 saturated carbocycles. The zero-order valence-corrected chi connectivity index (χ0v) is 14.4. The van der Waals surface area contributed by atoms with Crippen molar-refractivity contribution in [1.29, 1.82) is 0 Å². The van der Waals surface area contributed by atoms with Crippen LogP contribution in [0.15, 0.2) is 54.7 Å². The Morgan fingerprint density at radius 2 is 1.88 bits per heavy atom. The Hall–Kier alpha value is -3.19. The summed E-state index contributed by atoms with van der Waals surface area (Å²) in [6, 6.07) is 12.3. The van der Waals surface area contributed by atoms with E-state index in [1.807, 2.05) is 0 Å². The molecular formula is C18H14ClFN4O2. The molecule has 0 atom stereocenters. The maximum Gasteiger partial charge on any atom is 0.276 e. The third-order valence-electron chi connectivity index (χ3n) is 3.46. The van der Waals surface area contributed by atoms with Gasteiger partial charge in [-0.15, -0.1) is 0 Å². The minimum Gasteiger partial charge on any atom is -0.325 e. The Bertz CT molecular complexity index is 987. The molecule has 1 heterocycles. The van der Waals surface area contributed by atoms with Crippen LogP contribution in [-0.4, -0.2) is 21.6 Å². The number of para-hydroxylation sites is 1. The van der Waals surface area contributed by atoms with E-state index in [4.69, 9.17) is 11.6 Å². The lowest BCUT2D eigenvalue weighted by molar-refractivity contribution is -0.114. The van der Waals surface area contributed by atoms with Crippen molar-refractivity contribution in [2.45, 2.75) is 6.92 Å². The SMILES string of the molecule is CC(=O)Nc1cc(NC(=O)c2ccn(-c3ccccc3F)n2)ccc1Cl. The van der Waals surface area contributed by atoms with Crippen molar-refractivity contribution in [2.24, 2.45) is 0 Å². The van der Waals surface area contributed by atoms with Crippen LogP contribution in [0.25, 0.3) is 5.69 Å². The van der Waals surface area contributed by atoms with Crippen molar-refractivity contribution < 1.29 is 14.0 Å². The summed E-state index contributed by atoms with van der Waals surface area (Å²) in [5, 5.41) is 9.68. The Balaban J connectivity index is 1.79. The van der Waals surface area contributed by atoms with Gasteiger partial charge < -0.3 is 10.6 Å². The highest BCUT2D eigenvalue weighted by atomic mass is 35.5. The van der Waals surface area contributed by atoms with Crippen LogP contribution in [0.3, 0.4) is 0 Å². The molecule has 0 saturated heterocycles. The number of benzene rings is 2. The number of halogens is 2. The highest BCUT2D eigenvalue weighted by molar-refractivity contribution is 6.33. The first kappa shape index (κ1) is 17.6. The van der Waals surface area contributed by atoms with Gasteiger partial charge in [0.2, 0.25) is 5.91 Å². The van der Waals surface area contributed by atoms with Gasteiger partial charge in [0.25, 0.3) is 5.91 Å². The molecule has 0 unspecified atom stereocenters. The third kappa shape index (κ3) is 3.89. The highest BCUT2D eigenvalue weighted by Gasteiger charge is 2.13. The topological polar surface area (TPSA) is 76.0 Å². The predicted octanol–water partition coefficient (Wildman–Crippen LogP) is 3.88. The van der Waals surface area contributed by atoms with Gasteiger partial charge >= 0.3 is 0 Å². The molecule has 2 aromatic carbocycles. The maximum atomic E-state index is 13.8. The van der Waals surface area contributed by atoms with E-state index in [1.165, 1.54) is 36.0 Å². The van der Waals surface area contributed by atoms with Crippen LogP contribution < -0.4 is 10.6 Å². The van der Waals surface area contributed by atoms with E-state index in [0.717, 1.165) is 0 Å². The summed E-state index contributed by atoms with van der Waals surface area (Å²) in [7, 11) is 0. The van der Waals surface area contributed by atoms with Crippen LogP contribution in [0, 0.1) is 5.82 Å². The summed E-state index contributed by atoms with van der Waals surface area (Å²) >= 11 is 6.00. The third-order valence-corrected chi connectivity index (χ3v) is 3.79. The molecule has 8 heteroatoms. The number of carbonyl (C=O) groups excluding carboxylic acids is 2. The Kier molecular flexibility index (Phi) is 4.99. The lowest BCUT2D eigenvalue weighted by atomic mass is 10.2. The van der Waals surface area contributed by atoms with Crippen LogP contribution >= 0.6 is 11.6 Å². The highest BCUT2D eigenvalue weighted by Crippen LogP contribution is 2.25. The minimum absolute atomic E-state index is 0.115. The van der Waals surface area contributed by atoms with Crippen molar-refractivity contribution >= 4 is 34.8 Å². The molecule has 26 heavy (non-hydrogen) atoms. The van der Waals surface area contributed by atoms with Crippen LogP contribution in [0.4, 0.5) is 15.8 Å². The molecule has 3 aromatic rings. The van der Waals surface area contributed by atoms with E-state index in [0.29, 0.717) is 16.4 Å². The first-order chi connectivity index (χ1) is 12.4. The molecule has 0 aliphatic heterocycles. The van der Waals surface area contributed by atoms with Crippen molar-refractivity contribution in [3.8, 4) is 5.69 Å². The van der Waals surface area contributed by atoms with Gasteiger partial charge in [0.15, 0.2) is 5.69 Å². The second kappa shape index (κ2) is 7.37. The molecule has 2 amide bonds. The maximum absolute atomic E-state index is 13.8. The van der Waals surface area contributed by atoms with Crippen molar-refractivity contribution in [3.05, 3.63) is 71.3 Å². The van der Waals surface area contributed by atoms with Gasteiger partial charge in [0.1, 0.15) is 11.5 Å². The first-order valence-electron chi connectivity index (χ1n) is 7.63. The fourth-order valence-corrected chi connectivity index (χ4v) is 2.47. The van der Waals surface area contributed by atoms with Crippen LogP contribution in [0.5, 0.6) is 0 Å². The quantitative estimate of drug-likeness (QED) is 0.729. The summed E-state index contributed by atoms with van der Waals surface area (Å²) in [5.41, 5.74) is 1.17. The monoisotopic (exact) mass is 372 g/mol. The Morgan fingerprint density at radius 1 is 1.12 bits per heavy atom. The van der Waals surface area contributed by atoms with E-state index >= 15 is 0 Å². The summed E-state index contributed by atoms with van der Waals surface area (Å²) in [6.45, 7) is 1.36. The van der Waals surface area contributed by atoms with Crippen molar-refractivity contribution in [1.82, 2.24) is 9.78 Å². The normalized spacial score (nSPS) is 10.4. The van der Waals surface area contributed by atoms with Gasteiger partial charge in [-0.3, -0.25) is 9.59 Å². The molecule has 0 fully saturated rings. The molecule has 2 N–H and O–H groups in total.